The Bertz CT molecular complexity index is 1470. The smallest absolute Gasteiger partial charge is 0.330 e. The fourth-order valence-corrected chi connectivity index (χ4v) is 7.58. The minimum Gasteiger partial charge on any atom is -0.382 e. The Balaban J connectivity index is 1.10. The third-order valence-corrected chi connectivity index (χ3v) is 10.6. The molecule has 52 heavy (non-hydrogen) atoms. The third kappa shape index (κ3) is 15.3. The Labute approximate surface area is 311 Å². The lowest BCUT2D eigenvalue weighted by molar-refractivity contribution is -0.00970. The van der Waals surface area contributed by atoms with Gasteiger partial charge in [0.2, 0.25) is 0 Å². The number of nitrogens with zero attached hydrogens (tertiary/aromatic N) is 4. The summed E-state index contributed by atoms with van der Waals surface area (Å²) in [7, 11) is -2.14. The number of nitriles is 1. The van der Waals surface area contributed by atoms with E-state index in [-0.39, 0.29) is 43.7 Å². The standard InChI is InChI=1S/C40H61FN5O5P/c1-2-3-4-5-6-7-8-9-10-11-12-13-14-15-16-17-18-19-35(48-28-33-24-32(27-42)25-34(41)26-33)29-49-52(47)50-30-36-20-23-39(51-36)37-21-22-38-40(43)44-31-45-46(37)38/h21-22,24-26,31,35-36,39,47H,2-20,23,28-30H2,1H3,(H2,43,44,45). The van der Waals surface area contributed by atoms with Crippen LogP contribution in [0.5, 0.6) is 0 Å². The Morgan fingerprint density at radius 3 is 2.25 bits per heavy atom. The number of ether oxygens (including phenoxy) is 2. The molecule has 3 heterocycles. The number of hydrogen-bond acceptors (Lipinski definition) is 9. The van der Waals surface area contributed by atoms with Crippen molar-refractivity contribution in [2.45, 2.75) is 160 Å². The molecular weight excluding hydrogens is 680 g/mol. The lowest BCUT2D eigenvalue weighted by Gasteiger charge is -2.20. The molecule has 0 saturated carbocycles. The molecule has 0 aliphatic carbocycles. The average Bonchev–Trinajstić information content (AvgIpc) is 3.80. The summed E-state index contributed by atoms with van der Waals surface area (Å²) in [5, 5.41) is 13.5. The number of rotatable bonds is 28. The lowest BCUT2D eigenvalue weighted by atomic mass is 10.0. The zero-order chi connectivity index (χ0) is 36.8. The lowest BCUT2D eigenvalue weighted by Crippen LogP contribution is -2.20. The highest BCUT2D eigenvalue weighted by molar-refractivity contribution is 7.40. The quantitative estimate of drug-likeness (QED) is 0.0550. The SMILES string of the molecule is CCCCCCCCCCCCCCCCCCCC(COP(O)OCC1CCC(c2ccc3c(N)ncnn23)O1)OCc1cc(F)cc(C#N)c1. The summed E-state index contributed by atoms with van der Waals surface area (Å²) >= 11 is 0. The van der Waals surface area contributed by atoms with E-state index in [2.05, 4.69) is 17.0 Å². The highest BCUT2D eigenvalue weighted by atomic mass is 31.2. The number of aromatic nitrogens is 3. The number of halogens is 1. The summed E-state index contributed by atoms with van der Waals surface area (Å²) < 4.78 is 39.5. The number of fused-ring (bicyclic) bond motifs is 1. The molecule has 2 aromatic heterocycles. The number of unbranched alkanes of at least 4 members (excludes halogenated alkanes) is 16. The van der Waals surface area contributed by atoms with Gasteiger partial charge in [-0.1, -0.05) is 116 Å². The van der Waals surface area contributed by atoms with E-state index in [9.17, 15) is 14.5 Å². The predicted octanol–water partition coefficient (Wildman–Crippen LogP) is 10.4. The van der Waals surface area contributed by atoms with Gasteiger partial charge in [0.25, 0.3) is 0 Å². The molecule has 1 saturated heterocycles. The molecule has 4 unspecified atom stereocenters. The number of nitrogen functional groups attached to an aromatic ring is 1. The van der Waals surface area contributed by atoms with Crippen LogP contribution in [0.15, 0.2) is 36.7 Å². The third-order valence-electron chi connectivity index (χ3n) is 9.89. The second kappa shape index (κ2) is 24.6. The highest BCUT2D eigenvalue weighted by Gasteiger charge is 2.30. The monoisotopic (exact) mass is 741 g/mol. The summed E-state index contributed by atoms with van der Waals surface area (Å²) in [5.41, 5.74) is 8.46. The van der Waals surface area contributed by atoms with E-state index in [1.165, 1.54) is 115 Å². The van der Waals surface area contributed by atoms with Crippen LogP contribution < -0.4 is 5.73 Å². The normalized spacial score (nSPS) is 17.1. The molecule has 4 atom stereocenters. The van der Waals surface area contributed by atoms with Gasteiger partial charge in [0.1, 0.15) is 23.8 Å². The first-order chi connectivity index (χ1) is 25.5. The molecule has 10 nitrogen and oxygen atoms in total. The molecule has 1 aliphatic heterocycles. The first-order valence-electron chi connectivity index (χ1n) is 19.8. The van der Waals surface area contributed by atoms with E-state index in [0.29, 0.717) is 11.4 Å². The molecule has 1 aliphatic rings. The fraction of sp³-hybridized carbons (Fsp3) is 0.675. The van der Waals surface area contributed by atoms with Gasteiger partial charge in [-0.2, -0.15) is 10.4 Å². The minimum absolute atomic E-state index is 0.145. The van der Waals surface area contributed by atoms with Gasteiger partial charge in [-0.15, -0.1) is 0 Å². The zero-order valence-electron chi connectivity index (χ0n) is 31.2. The van der Waals surface area contributed by atoms with Crippen LogP contribution in [0.2, 0.25) is 0 Å². The van der Waals surface area contributed by atoms with Gasteiger partial charge >= 0.3 is 8.60 Å². The maximum Gasteiger partial charge on any atom is 0.330 e. The van der Waals surface area contributed by atoms with Crippen molar-refractivity contribution in [1.29, 1.82) is 5.26 Å². The van der Waals surface area contributed by atoms with Gasteiger partial charge in [-0.25, -0.2) is 13.9 Å². The average molecular weight is 742 g/mol. The topological polar surface area (TPSA) is 137 Å². The highest BCUT2D eigenvalue weighted by Crippen LogP contribution is 2.38. The molecule has 0 bridgehead atoms. The maximum absolute atomic E-state index is 14.0. The van der Waals surface area contributed by atoms with Crippen molar-refractivity contribution in [2.24, 2.45) is 0 Å². The van der Waals surface area contributed by atoms with Gasteiger partial charge in [0, 0.05) is 0 Å². The van der Waals surface area contributed by atoms with Crippen LogP contribution in [0.25, 0.3) is 5.52 Å². The number of hydrogen-bond donors (Lipinski definition) is 2. The van der Waals surface area contributed by atoms with Crippen molar-refractivity contribution >= 4 is 19.9 Å². The van der Waals surface area contributed by atoms with Crippen LogP contribution in [-0.4, -0.2) is 44.9 Å². The van der Waals surface area contributed by atoms with Crippen LogP contribution in [0.1, 0.15) is 158 Å². The molecular formula is C40H61FN5O5P. The van der Waals surface area contributed by atoms with E-state index in [1.807, 2.05) is 18.2 Å². The van der Waals surface area contributed by atoms with E-state index < -0.39 is 14.4 Å². The summed E-state index contributed by atoms with van der Waals surface area (Å²) in [5.74, 6) is -0.0535. The maximum atomic E-state index is 14.0. The molecule has 12 heteroatoms. The predicted molar refractivity (Wildman–Crippen MR) is 204 cm³/mol. The largest absolute Gasteiger partial charge is 0.382 e. The van der Waals surface area contributed by atoms with Crippen LogP contribution in [0, 0.1) is 17.1 Å². The van der Waals surface area contributed by atoms with Crippen LogP contribution in [0.4, 0.5) is 10.2 Å². The first-order valence-corrected chi connectivity index (χ1v) is 20.9. The summed E-state index contributed by atoms with van der Waals surface area (Å²) in [6, 6.07) is 10.0. The van der Waals surface area contributed by atoms with Gasteiger partial charge in [-0.05, 0) is 55.2 Å². The van der Waals surface area contributed by atoms with Crippen molar-refractivity contribution in [2.75, 3.05) is 18.9 Å². The number of nitrogens with two attached hydrogens (primary N) is 1. The van der Waals surface area contributed by atoms with Gasteiger partial charge in [-0.3, -0.25) is 0 Å². The summed E-state index contributed by atoms with van der Waals surface area (Å²) in [6.45, 7) is 2.76. The molecule has 288 valence electrons. The van der Waals surface area contributed by atoms with Gasteiger partial charge in [0.05, 0.1) is 49.4 Å². The molecule has 0 amide bonds. The van der Waals surface area contributed by atoms with Crippen molar-refractivity contribution < 1.29 is 27.8 Å². The molecule has 0 radical (unpaired) electrons. The van der Waals surface area contributed by atoms with Crippen molar-refractivity contribution in [3.63, 3.8) is 0 Å². The summed E-state index contributed by atoms with van der Waals surface area (Å²) in [6.07, 6.45) is 25.3. The Hall–Kier alpha value is -2.71. The van der Waals surface area contributed by atoms with E-state index in [0.717, 1.165) is 43.3 Å². The zero-order valence-corrected chi connectivity index (χ0v) is 32.1. The Kier molecular flexibility index (Phi) is 19.9. The molecule has 1 aromatic carbocycles. The second-order valence-corrected chi connectivity index (χ2v) is 15.2. The van der Waals surface area contributed by atoms with Crippen LogP contribution in [0.3, 0.4) is 0 Å². The van der Waals surface area contributed by atoms with E-state index >= 15 is 0 Å². The number of benzene rings is 1. The van der Waals surface area contributed by atoms with Gasteiger partial charge < -0.3 is 29.1 Å². The van der Waals surface area contributed by atoms with Crippen LogP contribution >= 0.6 is 8.60 Å². The second-order valence-electron chi connectivity index (χ2n) is 14.2. The van der Waals surface area contributed by atoms with Crippen molar-refractivity contribution in [3.8, 4) is 6.07 Å². The van der Waals surface area contributed by atoms with Crippen molar-refractivity contribution in [3.05, 3.63) is 59.3 Å². The molecule has 1 fully saturated rings. The fourth-order valence-electron chi connectivity index (χ4n) is 6.92. The summed E-state index contributed by atoms with van der Waals surface area (Å²) in [4.78, 5) is 14.6. The first kappa shape index (κ1) is 42.0. The Morgan fingerprint density at radius 2 is 1.60 bits per heavy atom. The van der Waals surface area contributed by atoms with E-state index in [1.54, 1.807) is 10.6 Å². The Morgan fingerprint density at radius 1 is 0.942 bits per heavy atom. The van der Waals surface area contributed by atoms with Crippen molar-refractivity contribution in [1.82, 2.24) is 14.6 Å². The molecule has 3 N–H and O–H groups in total. The molecule has 4 rings (SSSR count). The van der Waals surface area contributed by atoms with Gasteiger partial charge in [0.15, 0.2) is 5.82 Å². The minimum atomic E-state index is -2.14. The number of anilines is 1. The molecule has 3 aromatic rings. The van der Waals surface area contributed by atoms with E-state index in [4.69, 9.17) is 24.3 Å². The van der Waals surface area contributed by atoms with Crippen LogP contribution in [-0.2, 0) is 25.1 Å². The molecule has 0 spiro atoms.